The summed E-state index contributed by atoms with van der Waals surface area (Å²) in [4.78, 5) is 12.4. The van der Waals surface area contributed by atoms with Gasteiger partial charge in [0, 0.05) is 6.42 Å². The first kappa shape index (κ1) is 14.0. The Morgan fingerprint density at radius 1 is 1.39 bits per heavy atom. The second-order valence-corrected chi connectivity index (χ2v) is 7.60. The Labute approximate surface area is 109 Å². The fraction of sp³-hybridized carbons (Fsp3) is 0.923. The van der Waals surface area contributed by atoms with Crippen molar-refractivity contribution >= 4 is 15.9 Å². The van der Waals surface area contributed by atoms with Gasteiger partial charge in [-0.15, -0.1) is 0 Å². The van der Waals surface area contributed by atoms with E-state index in [1.165, 1.54) is 0 Å². The van der Waals surface area contributed by atoms with Crippen molar-refractivity contribution in [1.29, 1.82) is 0 Å². The van der Waals surface area contributed by atoms with Crippen molar-refractivity contribution in [2.75, 3.05) is 5.75 Å². The molecular formula is C13H22O4S. The first-order valence-corrected chi connectivity index (χ1v) is 8.34. The van der Waals surface area contributed by atoms with Crippen LogP contribution in [0.25, 0.3) is 0 Å². The first-order valence-electron chi connectivity index (χ1n) is 6.74. The molecule has 3 atom stereocenters. The summed E-state index contributed by atoms with van der Waals surface area (Å²) in [6, 6.07) is 0. The highest BCUT2D eigenvalue weighted by molar-refractivity contribution is 7.85. The number of Topliss-reactive ketones (excluding diaryl/α,β-unsaturated/α-hetero) is 1. The number of rotatable bonds is 3. The van der Waals surface area contributed by atoms with E-state index in [-0.39, 0.29) is 22.9 Å². The molecule has 2 bridgehead atoms. The highest BCUT2D eigenvalue weighted by Crippen LogP contribution is 2.61. The van der Waals surface area contributed by atoms with Gasteiger partial charge in [0.2, 0.25) is 0 Å². The van der Waals surface area contributed by atoms with Crippen LogP contribution in [0.2, 0.25) is 0 Å². The lowest BCUT2D eigenvalue weighted by molar-refractivity contribution is -0.129. The highest BCUT2D eigenvalue weighted by atomic mass is 32.2. The minimum atomic E-state index is -4.12. The molecule has 0 aromatic heterocycles. The van der Waals surface area contributed by atoms with Gasteiger partial charge in [-0.3, -0.25) is 9.35 Å². The van der Waals surface area contributed by atoms with Crippen molar-refractivity contribution in [2.24, 2.45) is 16.7 Å². The van der Waals surface area contributed by atoms with Crippen LogP contribution < -0.4 is 0 Å². The molecule has 0 spiro atoms. The third kappa shape index (κ3) is 1.92. The van der Waals surface area contributed by atoms with Crippen molar-refractivity contribution < 1.29 is 17.8 Å². The lowest BCUT2D eigenvalue weighted by Crippen LogP contribution is -2.46. The van der Waals surface area contributed by atoms with Crippen molar-refractivity contribution in [1.82, 2.24) is 0 Å². The summed E-state index contributed by atoms with van der Waals surface area (Å²) in [7, 11) is -4.12. The maximum atomic E-state index is 12.4. The Balaban J connectivity index is 2.52. The Morgan fingerprint density at radius 3 is 2.61 bits per heavy atom. The highest BCUT2D eigenvalue weighted by Gasteiger charge is 2.62. The predicted molar refractivity (Wildman–Crippen MR) is 68.8 cm³/mol. The van der Waals surface area contributed by atoms with Crippen LogP contribution in [-0.2, 0) is 14.9 Å². The van der Waals surface area contributed by atoms with Crippen molar-refractivity contribution in [3.63, 3.8) is 0 Å². The smallest absolute Gasteiger partial charge is 0.265 e. The second-order valence-electron chi connectivity index (χ2n) is 6.15. The summed E-state index contributed by atoms with van der Waals surface area (Å²) in [5.74, 6) is -0.0620. The van der Waals surface area contributed by atoms with Crippen LogP contribution in [-0.4, -0.2) is 24.5 Å². The van der Waals surface area contributed by atoms with Crippen LogP contribution in [0.5, 0.6) is 0 Å². The van der Waals surface area contributed by atoms with Gasteiger partial charge < -0.3 is 0 Å². The Morgan fingerprint density at radius 2 is 2.06 bits per heavy atom. The van der Waals surface area contributed by atoms with Gasteiger partial charge in [-0.25, -0.2) is 0 Å². The molecule has 0 saturated heterocycles. The van der Waals surface area contributed by atoms with Crippen molar-refractivity contribution in [3.8, 4) is 0 Å². The summed E-state index contributed by atoms with van der Waals surface area (Å²) in [6.45, 7) is 4.06. The third-order valence-electron chi connectivity index (χ3n) is 5.53. The zero-order valence-electron chi connectivity index (χ0n) is 11.1. The zero-order chi connectivity index (χ0) is 13.6. The Hall–Kier alpha value is -0.420. The van der Waals surface area contributed by atoms with E-state index in [0.29, 0.717) is 12.8 Å². The van der Waals surface area contributed by atoms with E-state index in [4.69, 9.17) is 0 Å². The van der Waals surface area contributed by atoms with Crippen molar-refractivity contribution in [3.05, 3.63) is 0 Å². The van der Waals surface area contributed by atoms with Crippen LogP contribution in [0.1, 0.15) is 52.4 Å². The number of carbonyl (C=O) groups excluding carboxylic acids is 1. The number of hydrogen-bond acceptors (Lipinski definition) is 3. The van der Waals surface area contributed by atoms with Gasteiger partial charge in [0.05, 0.1) is 11.2 Å². The van der Waals surface area contributed by atoms with E-state index < -0.39 is 15.5 Å². The SMILES string of the molecule is CCC1(C)C2CCCCC1(CS(=O)(=O)O)C(=O)C2. The fourth-order valence-corrected chi connectivity index (χ4v) is 5.53. The molecule has 4 nitrogen and oxygen atoms in total. The monoisotopic (exact) mass is 274 g/mol. The molecule has 3 unspecified atom stereocenters. The van der Waals surface area contributed by atoms with E-state index in [0.717, 1.165) is 25.7 Å². The number of hydrogen-bond donors (Lipinski definition) is 1. The quantitative estimate of drug-likeness (QED) is 0.802. The van der Waals surface area contributed by atoms with E-state index in [9.17, 15) is 17.8 Å². The molecule has 1 N–H and O–H groups in total. The molecule has 0 aromatic carbocycles. The molecule has 2 rings (SSSR count). The molecular weight excluding hydrogens is 252 g/mol. The summed E-state index contributed by atoms with van der Waals surface area (Å²) in [5.41, 5.74) is -1.13. The number of fused-ring (bicyclic) bond motifs is 2. The summed E-state index contributed by atoms with van der Waals surface area (Å²) >= 11 is 0. The summed E-state index contributed by atoms with van der Waals surface area (Å²) in [5, 5.41) is 0. The second kappa shape index (κ2) is 4.30. The summed E-state index contributed by atoms with van der Waals surface area (Å²) < 4.78 is 31.9. The van der Waals surface area contributed by atoms with E-state index in [2.05, 4.69) is 0 Å². The normalized spacial score (nSPS) is 40.8. The molecule has 5 heteroatoms. The van der Waals surface area contributed by atoms with Gasteiger partial charge in [-0.05, 0) is 30.6 Å². The Bertz CT molecular complexity index is 456. The van der Waals surface area contributed by atoms with Gasteiger partial charge in [-0.2, -0.15) is 8.42 Å². The molecule has 2 saturated carbocycles. The van der Waals surface area contributed by atoms with Gasteiger partial charge in [0.15, 0.2) is 0 Å². The van der Waals surface area contributed by atoms with E-state index in [1.54, 1.807) is 0 Å². The lowest BCUT2D eigenvalue weighted by Gasteiger charge is -2.43. The molecule has 104 valence electrons. The third-order valence-corrected chi connectivity index (χ3v) is 6.39. The lowest BCUT2D eigenvalue weighted by atomic mass is 9.61. The maximum Gasteiger partial charge on any atom is 0.265 e. The molecule has 18 heavy (non-hydrogen) atoms. The molecule has 0 amide bonds. The van der Waals surface area contributed by atoms with E-state index in [1.807, 2.05) is 13.8 Å². The largest absolute Gasteiger partial charge is 0.299 e. The molecule has 2 aliphatic rings. The van der Waals surface area contributed by atoms with E-state index >= 15 is 0 Å². The first-order chi connectivity index (χ1) is 8.25. The number of ketones is 1. The van der Waals surface area contributed by atoms with Gasteiger partial charge in [-0.1, -0.05) is 26.7 Å². The standard InChI is InChI=1S/C13H22O4S/c1-3-12(2)10-6-4-5-7-13(12,11(14)8-10)9-18(15,16)17/h10H,3-9H2,1-2H3,(H,15,16,17). The van der Waals surface area contributed by atoms with Crippen LogP contribution >= 0.6 is 0 Å². The van der Waals surface area contributed by atoms with Crippen LogP contribution in [0.4, 0.5) is 0 Å². The fourth-order valence-electron chi connectivity index (χ4n) is 4.27. The maximum absolute atomic E-state index is 12.4. The molecule has 0 aliphatic heterocycles. The van der Waals surface area contributed by atoms with Gasteiger partial charge in [0.1, 0.15) is 5.78 Å². The van der Waals surface area contributed by atoms with Gasteiger partial charge >= 0.3 is 0 Å². The van der Waals surface area contributed by atoms with Crippen molar-refractivity contribution in [2.45, 2.75) is 52.4 Å². The topological polar surface area (TPSA) is 71.4 Å². The average Bonchev–Trinajstić information content (AvgIpc) is 2.37. The predicted octanol–water partition coefficient (Wildman–Crippen LogP) is 2.44. The minimum Gasteiger partial charge on any atom is -0.299 e. The average molecular weight is 274 g/mol. The summed E-state index contributed by atoms with van der Waals surface area (Å²) in [6.07, 6.45) is 4.82. The molecule has 2 aliphatic carbocycles. The van der Waals surface area contributed by atoms with Crippen LogP contribution in [0.3, 0.4) is 0 Å². The van der Waals surface area contributed by atoms with Crippen LogP contribution in [0, 0.1) is 16.7 Å². The Kier molecular flexibility index (Phi) is 3.35. The minimum absolute atomic E-state index is 0.0502. The molecule has 0 aromatic rings. The van der Waals surface area contributed by atoms with Crippen LogP contribution in [0.15, 0.2) is 0 Å². The number of carbonyl (C=O) groups is 1. The molecule has 0 heterocycles. The molecule has 2 fully saturated rings. The van der Waals surface area contributed by atoms with Gasteiger partial charge in [0.25, 0.3) is 10.1 Å². The zero-order valence-corrected chi connectivity index (χ0v) is 11.9. The molecule has 0 radical (unpaired) electrons.